The largest absolute Gasteiger partial charge is 0.414 e. The number of halogens is 1. The molecule has 0 radical (unpaired) electrons. The Morgan fingerprint density at radius 1 is 1.29 bits per heavy atom. The Labute approximate surface area is 104 Å². The molecule has 0 amide bonds. The van der Waals surface area contributed by atoms with Crippen LogP contribution in [-0.2, 0) is 4.43 Å². The summed E-state index contributed by atoms with van der Waals surface area (Å²) >= 11 is 2.43. The van der Waals surface area contributed by atoms with Gasteiger partial charge in [-0.3, -0.25) is 0 Å². The van der Waals surface area contributed by atoms with E-state index in [0.29, 0.717) is 11.1 Å². The van der Waals surface area contributed by atoms with E-state index in [1.54, 1.807) is 0 Å². The molecule has 0 fully saturated rings. The Hall–Kier alpha value is 0.907. The number of hydrogen-bond acceptors (Lipinski definition) is 1. The minimum atomic E-state index is -1.52. The molecule has 1 nitrogen and oxygen atoms in total. The molecule has 0 bridgehead atoms. The highest BCUT2D eigenvalue weighted by molar-refractivity contribution is 14.1. The van der Waals surface area contributed by atoms with Crippen molar-refractivity contribution in [2.45, 2.75) is 64.8 Å². The quantitative estimate of drug-likeness (QED) is 0.407. The van der Waals surface area contributed by atoms with Crippen molar-refractivity contribution in [2.75, 3.05) is 4.43 Å². The molecule has 0 spiro atoms. The molecule has 0 saturated heterocycles. The average molecular weight is 328 g/mol. The Bertz CT molecular complexity index is 163. The summed E-state index contributed by atoms with van der Waals surface area (Å²) in [6, 6.07) is 0. The lowest BCUT2D eigenvalue weighted by Gasteiger charge is -2.38. The van der Waals surface area contributed by atoms with Crippen LogP contribution in [0.15, 0.2) is 0 Å². The first-order valence-electron chi connectivity index (χ1n) is 5.44. The number of alkyl halides is 1. The van der Waals surface area contributed by atoms with Crippen molar-refractivity contribution >= 4 is 30.9 Å². The standard InChI is InChI=1S/C11H25IOSi/c1-10(8-7-9-12)13-14(5,6)11(2,3)4/h10H,7-9H2,1-6H3. The fraction of sp³-hybridized carbons (Fsp3) is 1.00. The fourth-order valence-electron chi connectivity index (χ4n) is 1.10. The molecule has 0 aromatic rings. The molecule has 0 rings (SSSR count). The van der Waals surface area contributed by atoms with Crippen LogP contribution in [0.25, 0.3) is 0 Å². The fourth-order valence-corrected chi connectivity index (χ4v) is 3.02. The highest BCUT2D eigenvalue weighted by atomic mass is 127. The maximum absolute atomic E-state index is 6.24. The van der Waals surface area contributed by atoms with Crippen molar-refractivity contribution in [3.63, 3.8) is 0 Å². The van der Waals surface area contributed by atoms with Gasteiger partial charge in [-0.15, -0.1) is 0 Å². The zero-order valence-electron chi connectivity index (χ0n) is 10.5. The molecular formula is C11H25IOSi. The zero-order valence-corrected chi connectivity index (χ0v) is 13.6. The number of hydrogen-bond donors (Lipinski definition) is 0. The summed E-state index contributed by atoms with van der Waals surface area (Å²) in [4.78, 5) is 0. The third kappa shape index (κ3) is 5.12. The Kier molecular flexibility index (Phi) is 6.22. The van der Waals surface area contributed by atoms with Crippen molar-refractivity contribution in [2.24, 2.45) is 0 Å². The topological polar surface area (TPSA) is 9.23 Å². The van der Waals surface area contributed by atoms with Crippen LogP contribution in [-0.4, -0.2) is 18.8 Å². The van der Waals surface area contributed by atoms with Crippen molar-refractivity contribution in [1.29, 1.82) is 0 Å². The first-order valence-corrected chi connectivity index (χ1v) is 9.88. The van der Waals surface area contributed by atoms with Crippen LogP contribution < -0.4 is 0 Å². The van der Waals surface area contributed by atoms with E-state index in [9.17, 15) is 0 Å². The second-order valence-corrected chi connectivity index (χ2v) is 11.4. The summed E-state index contributed by atoms with van der Waals surface area (Å²) in [6.07, 6.45) is 2.91. The van der Waals surface area contributed by atoms with Gasteiger partial charge in [0.15, 0.2) is 8.32 Å². The molecule has 0 saturated carbocycles. The lowest BCUT2D eigenvalue weighted by molar-refractivity contribution is 0.189. The maximum atomic E-state index is 6.24. The van der Waals surface area contributed by atoms with Gasteiger partial charge in [0.1, 0.15) is 0 Å². The van der Waals surface area contributed by atoms with Crippen LogP contribution in [0, 0.1) is 0 Å². The van der Waals surface area contributed by atoms with Gasteiger partial charge in [-0.25, -0.2) is 0 Å². The molecule has 0 heterocycles. The third-order valence-corrected chi connectivity index (χ3v) is 8.41. The van der Waals surface area contributed by atoms with Gasteiger partial charge in [-0.05, 0) is 42.3 Å². The summed E-state index contributed by atoms with van der Waals surface area (Å²) in [5.41, 5.74) is 0. The second kappa shape index (κ2) is 5.85. The molecule has 0 aromatic carbocycles. The molecule has 0 N–H and O–H groups in total. The van der Waals surface area contributed by atoms with Crippen molar-refractivity contribution in [3.8, 4) is 0 Å². The predicted molar refractivity (Wildman–Crippen MR) is 75.9 cm³/mol. The first-order chi connectivity index (χ1) is 6.20. The van der Waals surface area contributed by atoms with E-state index in [2.05, 4.69) is 63.4 Å². The van der Waals surface area contributed by atoms with Crippen molar-refractivity contribution in [1.82, 2.24) is 0 Å². The Morgan fingerprint density at radius 2 is 1.79 bits per heavy atom. The molecule has 0 aromatic heterocycles. The van der Waals surface area contributed by atoms with Gasteiger partial charge in [-0.1, -0.05) is 43.4 Å². The highest BCUT2D eigenvalue weighted by Gasteiger charge is 2.38. The van der Waals surface area contributed by atoms with E-state index in [1.165, 1.54) is 17.3 Å². The van der Waals surface area contributed by atoms with E-state index in [-0.39, 0.29) is 0 Å². The zero-order chi connectivity index (χ0) is 11.4. The van der Waals surface area contributed by atoms with Gasteiger partial charge in [0.25, 0.3) is 0 Å². The molecule has 0 aliphatic carbocycles. The van der Waals surface area contributed by atoms with Gasteiger partial charge < -0.3 is 4.43 Å². The molecule has 14 heavy (non-hydrogen) atoms. The molecular weight excluding hydrogens is 303 g/mol. The molecule has 3 heteroatoms. The lowest BCUT2D eigenvalue weighted by atomic mass is 10.2. The van der Waals surface area contributed by atoms with Crippen LogP contribution in [0.4, 0.5) is 0 Å². The van der Waals surface area contributed by atoms with Gasteiger partial charge >= 0.3 is 0 Å². The molecule has 0 aliphatic heterocycles. The normalized spacial score (nSPS) is 15.6. The average Bonchev–Trinajstić information content (AvgIpc) is 1.97. The molecule has 1 unspecified atom stereocenters. The van der Waals surface area contributed by atoms with Crippen LogP contribution in [0.5, 0.6) is 0 Å². The molecule has 1 atom stereocenters. The monoisotopic (exact) mass is 328 g/mol. The highest BCUT2D eigenvalue weighted by Crippen LogP contribution is 2.37. The summed E-state index contributed by atoms with van der Waals surface area (Å²) < 4.78 is 7.48. The summed E-state index contributed by atoms with van der Waals surface area (Å²) in [7, 11) is -1.52. The van der Waals surface area contributed by atoms with Gasteiger partial charge in [0.2, 0.25) is 0 Å². The maximum Gasteiger partial charge on any atom is 0.192 e. The Balaban J connectivity index is 4.08. The molecule has 0 aliphatic rings. The van der Waals surface area contributed by atoms with Crippen molar-refractivity contribution < 1.29 is 4.43 Å². The van der Waals surface area contributed by atoms with Crippen LogP contribution in [0.2, 0.25) is 18.1 Å². The van der Waals surface area contributed by atoms with E-state index in [4.69, 9.17) is 4.43 Å². The van der Waals surface area contributed by atoms with E-state index in [1.807, 2.05) is 0 Å². The first kappa shape index (κ1) is 14.9. The van der Waals surface area contributed by atoms with Gasteiger partial charge in [0.05, 0.1) is 0 Å². The minimum Gasteiger partial charge on any atom is -0.414 e. The number of rotatable bonds is 5. The SMILES string of the molecule is CC(CCCI)O[Si](C)(C)C(C)(C)C. The third-order valence-electron chi connectivity index (χ3n) is 3.05. The van der Waals surface area contributed by atoms with Gasteiger partial charge in [0, 0.05) is 6.10 Å². The molecule has 86 valence electrons. The van der Waals surface area contributed by atoms with E-state index >= 15 is 0 Å². The van der Waals surface area contributed by atoms with Crippen LogP contribution >= 0.6 is 22.6 Å². The lowest BCUT2D eigenvalue weighted by Crippen LogP contribution is -2.43. The summed E-state index contributed by atoms with van der Waals surface area (Å²) in [6.45, 7) is 13.8. The van der Waals surface area contributed by atoms with Crippen LogP contribution in [0.1, 0.15) is 40.5 Å². The summed E-state index contributed by atoms with van der Waals surface area (Å²) in [5, 5.41) is 0.339. The smallest absolute Gasteiger partial charge is 0.192 e. The van der Waals surface area contributed by atoms with Crippen LogP contribution in [0.3, 0.4) is 0 Å². The van der Waals surface area contributed by atoms with E-state index in [0.717, 1.165) is 0 Å². The van der Waals surface area contributed by atoms with Crippen molar-refractivity contribution in [3.05, 3.63) is 0 Å². The van der Waals surface area contributed by atoms with Gasteiger partial charge in [-0.2, -0.15) is 0 Å². The predicted octanol–water partition coefficient (Wildman–Crippen LogP) is 4.61. The Morgan fingerprint density at radius 3 is 2.14 bits per heavy atom. The minimum absolute atomic E-state index is 0.339. The second-order valence-electron chi connectivity index (χ2n) is 5.52. The van der Waals surface area contributed by atoms with E-state index < -0.39 is 8.32 Å². The summed E-state index contributed by atoms with van der Waals surface area (Å²) in [5.74, 6) is 0.